The molecule has 0 unspecified atom stereocenters. The normalized spacial score (nSPS) is 21.6. The topological polar surface area (TPSA) is 70.2 Å². The molecule has 2 N–H and O–H groups in total. The lowest BCUT2D eigenvalue weighted by molar-refractivity contribution is 0.108. The molecule has 2 aromatic rings. The van der Waals surface area contributed by atoms with Crippen molar-refractivity contribution in [1.82, 2.24) is 20.2 Å². The Bertz CT molecular complexity index is 960. The van der Waals surface area contributed by atoms with Gasteiger partial charge in [0.05, 0.1) is 12.1 Å². The number of hydrogen-bond acceptors (Lipinski definition) is 5. The van der Waals surface area contributed by atoms with Crippen LogP contribution in [-0.4, -0.2) is 53.7 Å². The number of likely N-dealkylation sites (tertiary alicyclic amines) is 1. The number of benzene rings is 1. The van der Waals surface area contributed by atoms with Crippen molar-refractivity contribution in [3.8, 4) is 5.75 Å². The molecule has 7 heteroatoms. The van der Waals surface area contributed by atoms with Gasteiger partial charge in [0.25, 0.3) is 5.56 Å². The molecule has 6 nitrogen and oxygen atoms in total. The fourth-order valence-electron chi connectivity index (χ4n) is 5.07. The van der Waals surface area contributed by atoms with Crippen LogP contribution in [0.5, 0.6) is 5.75 Å². The molecule has 1 saturated carbocycles. The van der Waals surface area contributed by atoms with Crippen molar-refractivity contribution in [3.63, 3.8) is 0 Å². The van der Waals surface area contributed by atoms with E-state index in [0.29, 0.717) is 35.5 Å². The maximum absolute atomic E-state index is 14.5. The minimum atomic E-state index is -0.561. The smallest absolute Gasteiger partial charge is 0.261 e. The molecule has 1 aromatic carbocycles. The number of hydrogen-bond donors (Lipinski definition) is 2. The molecule has 1 aromatic heterocycles. The van der Waals surface area contributed by atoms with Gasteiger partial charge >= 0.3 is 0 Å². The summed E-state index contributed by atoms with van der Waals surface area (Å²) in [5.41, 5.74) is -0.00255. The maximum atomic E-state index is 14.5. The Labute approximate surface area is 182 Å². The molecule has 0 atom stereocenters. The second-order valence-electron chi connectivity index (χ2n) is 9.57. The van der Waals surface area contributed by atoms with E-state index in [9.17, 15) is 9.18 Å². The average molecular weight is 429 g/mol. The third-order valence-electron chi connectivity index (χ3n) is 7.23. The van der Waals surface area contributed by atoms with Crippen LogP contribution in [0.4, 0.5) is 4.39 Å². The quantitative estimate of drug-likeness (QED) is 0.709. The van der Waals surface area contributed by atoms with Gasteiger partial charge < -0.3 is 19.9 Å². The van der Waals surface area contributed by atoms with Crippen LogP contribution in [-0.2, 0) is 6.42 Å². The predicted octanol–water partition coefficient (Wildman–Crippen LogP) is 3.25. The summed E-state index contributed by atoms with van der Waals surface area (Å²) in [6, 6.07) is 3.75. The molecule has 5 rings (SSSR count). The fraction of sp³-hybridized carbons (Fsp3) is 0.667. The molecule has 2 aliphatic heterocycles. The van der Waals surface area contributed by atoms with Gasteiger partial charge in [0.2, 0.25) is 0 Å². The third-order valence-corrected chi connectivity index (χ3v) is 7.23. The zero-order valence-corrected chi connectivity index (χ0v) is 18.2. The van der Waals surface area contributed by atoms with Gasteiger partial charge in [-0.1, -0.05) is 0 Å². The second-order valence-corrected chi connectivity index (χ2v) is 9.57. The first-order valence-corrected chi connectivity index (χ1v) is 12.0. The fourth-order valence-corrected chi connectivity index (χ4v) is 5.07. The van der Waals surface area contributed by atoms with Gasteiger partial charge in [-0.05, 0) is 83.0 Å². The van der Waals surface area contributed by atoms with E-state index in [-0.39, 0.29) is 5.39 Å². The van der Waals surface area contributed by atoms with Crippen molar-refractivity contribution >= 4 is 10.9 Å². The number of nitrogens with one attached hydrogen (secondary N) is 2. The second kappa shape index (κ2) is 9.25. The number of H-pyrrole nitrogens is 1. The lowest BCUT2D eigenvalue weighted by Crippen LogP contribution is -2.46. The highest BCUT2D eigenvalue weighted by Gasteiger charge is 2.26. The molecule has 0 amide bonds. The number of piperidine rings is 2. The van der Waals surface area contributed by atoms with Crippen LogP contribution in [0, 0.1) is 17.7 Å². The summed E-state index contributed by atoms with van der Waals surface area (Å²) in [6.45, 7) is 5.23. The zero-order chi connectivity index (χ0) is 21.2. The average Bonchev–Trinajstić information content (AvgIpc) is 3.61. The van der Waals surface area contributed by atoms with Gasteiger partial charge in [-0.15, -0.1) is 0 Å². The largest absolute Gasteiger partial charge is 0.493 e. The van der Waals surface area contributed by atoms with Gasteiger partial charge in [0.1, 0.15) is 22.8 Å². The lowest BCUT2D eigenvalue weighted by Gasteiger charge is -2.39. The van der Waals surface area contributed by atoms with Crippen LogP contribution in [0.3, 0.4) is 0 Å². The molecule has 3 fully saturated rings. The van der Waals surface area contributed by atoms with Crippen LogP contribution < -0.4 is 15.6 Å². The first-order chi connectivity index (χ1) is 15.2. The van der Waals surface area contributed by atoms with Gasteiger partial charge in [0.15, 0.2) is 0 Å². The van der Waals surface area contributed by atoms with E-state index >= 15 is 0 Å². The summed E-state index contributed by atoms with van der Waals surface area (Å²) < 4.78 is 20.2. The molecule has 2 saturated heterocycles. The highest BCUT2D eigenvalue weighted by Crippen LogP contribution is 2.30. The SMILES string of the molecule is O=c1[nH]c(CCC2CCN(C3CCNCC3)CC2)nc2cc(OCC3CC3)cc(F)c12. The number of ether oxygens (including phenoxy) is 1. The van der Waals surface area contributed by atoms with E-state index in [4.69, 9.17) is 4.74 Å². The Balaban J connectivity index is 1.20. The molecule has 1 aliphatic carbocycles. The molecule has 0 radical (unpaired) electrons. The summed E-state index contributed by atoms with van der Waals surface area (Å²) in [4.78, 5) is 22.5. The summed E-state index contributed by atoms with van der Waals surface area (Å²) >= 11 is 0. The number of aromatic amines is 1. The zero-order valence-electron chi connectivity index (χ0n) is 18.2. The van der Waals surface area contributed by atoms with Crippen molar-refractivity contribution in [2.24, 2.45) is 11.8 Å². The molecule has 168 valence electrons. The van der Waals surface area contributed by atoms with Crippen LogP contribution in [0.25, 0.3) is 10.9 Å². The number of nitrogens with zero attached hydrogens (tertiary/aromatic N) is 2. The van der Waals surface area contributed by atoms with Crippen LogP contribution in [0.2, 0.25) is 0 Å². The first-order valence-electron chi connectivity index (χ1n) is 12.0. The predicted molar refractivity (Wildman–Crippen MR) is 119 cm³/mol. The monoisotopic (exact) mass is 428 g/mol. The van der Waals surface area contributed by atoms with E-state index in [0.717, 1.165) is 32.0 Å². The van der Waals surface area contributed by atoms with Gasteiger partial charge in [0, 0.05) is 24.6 Å². The molecule has 0 spiro atoms. The van der Waals surface area contributed by atoms with Crippen LogP contribution in [0.15, 0.2) is 16.9 Å². The summed E-state index contributed by atoms with van der Waals surface area (Å²) in [7, 11) is 0. The van der Waals surface area contributed by atoms with Crippen LogP contribution in [0.1, 0.15) is 50.8 Å². The molecule has 3 heterocycles. The Morgan fingerprint density at radius 1 is 1.06 bits per heavy atom. The van der Waals surface area contributed by atoms with E-state index in [2.05, 4.69) is 20.2 Å². The number of aromatic nitrogens is 2. The number of fused-ring (bicyclic) bond motifs is 1. The number of aryl methyl sites for hydroxylation is 1. The van der Waals surface area contributed by atoms with Gasteiger partial charge in [-0.3, -0.25) is 4.79 Å². The van der Waals surface area contributed by atoms with Crippen molar-refractivity contribution in [3.05, 3.63) is 34.1 Å². The third kappa shape index (κ3) is 5.09. The van der Waals surface area contributed by atoms with Gasteiger partial charge in [-0.2, -0.15) is 0 Å². The molecule has 31 heavy (non-hydrogen) atoms. The summed E-state index contributed by atoms with van der Waals surface area (Å²) in [6.07, 6.45) is 9.01. The minimum Gasteiger partial charge on any atom is -0.493 e. The highest BCUT2D eigenvalue weighted by molar-refractivity contribution is 5.79. The van der Waals surface area contributed by atoms with Crippen molar-refractivity contribution in [2.75, 3.05) is 32.8 Å². The Hall–Kier alpha value is -1.99. The lowest BCUT2D eigenvalue weighted by atomic mass is 9.90. The Morgan fingerprint density at radius 2 is 1.84 bits per heavy atom. The first kappa shape index (κ1) is 20.9. The van der Waals surface area contributed by atoms with E-state index in [1.165, 1.54) is 57.7 Å². The maximum Gasteiger partial charge on any atom is 0.261 e. The van der Waals surface area contributed by atoms with Gasteiger partial charge in [-0.25, -0.2) is 9.37 Å². The van der Waals surface area contributed by atoms with E-state index < -0.39 is 11.4 Å². The van der Waals surface area contributed by atoms with E-state index in [1.54, 1.807) is 6.07 Å². The molecule has 3 aliphatic rings. The number of rotatable bonds is 7. The minimum absolute atomic E-state index is 0.0257. The van der Waals surface area contributed by atoms with Crippen molar-refractivity contribution in [2.45, 2.75) is 57.4 Å². The van der Waals surface area contributed by atoms with E-state index in [1.807, 2.05) is 0 Å². The van der Waals surface area contributed by atoms with Crippen LogP contribution >= 0.6 is 0 Å². The highest BCUT2D eigenvalue weighted by atomic mass is 19.1. The molecular formula is C24H33FN4O2. The van der Waals surface area contributed by atoms with Crippen molar-refractivity contribution < 1.29 is 9.13 Å². The number of halogens is 1. The Kier molecular flexibility index (Phi) is 6.23. The Morgan fingerprint density at radius 3 is 2.58 bits per heavy atom. The molecular weight excluding hydrogens is 395 g/mol. The molecule has 0 bridgehead atoms. The van der Waals surface area contributed by atoms with Crippen molar-refractivity contribution in [1.29, 1.82) is 0 Å². The summed E-state index contributed by atoms with van der Waals surface area (Å²) in [5.74, 6) is 1.80. The summed E-state index contributed by atoms with van der Waals surface area (Å²) in [5, 5.41) is 3.47. The standard InChI is InChI=1S/C24H33FN4O2/c25-20-13-19(31-15-17-1-2-17)14-21-23(20)24(30)28-22(27-21)4-3-16-7-11-29(12-8-16)18-5-9-26-10-6-18/h13-14,16-18,26H,1-12,15H2,(H,27,28,30).